The van der Waals surface area contributed by atoms with Crippen molar-refractivity contribution in [3.05, 3.63) is 23.8 Å². The van der Waals surface area contributed by atoms with Crippen LogP contribution in [0.3, 0.4) is 0 Å². The van der Waals surface area contributed by atoms with Gasteiger partial charge in [-0.25, -0.2) is 4.98 Å². The summed E-state index contributed by atoms with van der Waals surface area (Å²) in [7, 11) is 0. The number of fused-ring (bicyclic) bond motifs is 1. The van der Waals surface area contributed by atoms with Crippen LogP contribution in [0, 0.1) is 6.92 Å². The number of aliphatic hydroxyl groups is 1. The van der Waals surface area contributed by atoms with E-state index in [4.69, 9.17) is 5.73 Å². The molecule has 20 heavy (non-hydrogen) atoms. The number of imidazole rings is 1. The molecule has 4 N–H and O–H groups in total. The first kappa shape index (κ1) is 13.9. The fourth-order valence-corrected chi connectivity index (χ4v) is 4.23. The van der Waals surface area contributed by atoms with Gasteiger partial charge in [0.1, 0.15) is 0 Å². The van der Waals surface area contributed by atoms with E-state index in [1.165, 1.54) is 5.56 Å². The molecular weight excluding hydrogens is 270 g/mol. The van der Waals surface area contributed by atoms with Crippen molar-refractivity contribution in [2.24, 2.45) is 5.73 Å². The van der Waals surface area contributed by atoms with Crippen LogP contribution in [-0.2, 0) is 0 Å². The van der Waals surface area contributed by atoms with Crippen LogP contribution < -0.4 is 5.73 Å². The van der Waals surface area contributed by atoms with E-state index in [1.807, 2.05) is 6.07 Å². The van der Waals surface area contributed by atoms with E-state index in [1.54, 1.807) is 11.8 Å². The van der Waals surface area contributed by atoms with Crippen molar-refractivity contribution < 1.29 is 5.11 Å². The number of aliphatic hydroxyl groups excluding tert-OH is 1. The molecule has 1 aromatic heterocycles. The quantitative estimate of drug-likeness (QED) is 0.812. The summed E-state index contributed by atoms with van der Waals surface area (Å²) in [5.41, 5.74) is 9.13. The lowest BCUT2D eigenvalue weighted by atomic mass is 9.83. The van der Waals surface area contributed by atoms with Crippen LogP contribution in [-0.4, -0.2) is 32.5 Å². The normalized spacial score (nSPS) is 27.1. The van der Waals surface area contributed by atoms with Gasteiger partial charge in [-0.2, -0.15) is 0 Å². The van der Waals surface area contributed by atoms with Gasteiger partial charge in [-0.15, -0.1) is 0 Å². The lowest BCUT2D eigenvalue weighted by Crippen LogP contribution is -2.48. The SMILES string of the molecule is Cc1ccc2nc(SC3CCCC(N)(CO)C3)[nH]c2c1. The number of H-pyrrole nitrogens is 1. The first-order chi connectivity index (χ1) is 9.58. The Hall–Kier alpha value is -1.04. The molecule has 108 valence electrons. The first-order valence-corrected chi connectivity index (χ1v) is 7.99. The fourth-order valence-electron chi connectivity index (χ4n) is 2.90. The molecule has 0 bridgehead atoms. The van der Waals surface area contributed by atoms with Crippen molar-refractivity contribution in [1.82, 2.24) is 9.97 Å². The van der Waals surface area contributed by atoms with Gasteiger partial charge in [-0.3, -0.25) is 0 Å². The second-order valence-corrected chi connectivity index (χ2v) is 7.21. The summed E-state index contributed by atoms with van der Waals surface area (Å²) in [6.07, 6.45) is 3.98. The third kappa shape index (κ3) is 2.85. The predicted molar refractivity (Wildman–Crippen MR) is 82.9 cm³/mol. The molecule has 1 aliphatic carbocycles. The van der Waals surface area contributed by atoms with Crippen molar-refractivity contribution in [1.29, 1.82) is 0 Å². The number of nitrogens with one attached hydrogen (secondary N) is 1. The largest absolute Gasteiger partial charge is 0.394 e. The summed E-state index contributed by atoms with van der Waals surface area (Å²) in [5.74, 6) is 0. The van der Waals surface area contributed by atoms with Crippen molar-refractivity contribution in [3.63, 3.8) is 0 Å². The molecule has 2 atom stereocenters. The molecule has 0 aliphatic heterocycles. The van der Waals surface area contributed by atoms with Crippen LogP contribution in [0.25, 0.3) is 11.0 Å². The van der Waals surface area contributed by atoms with Crippen LogP contribution in [0.2, 0.25) is 0 Å². The van der Waals surface area contributed by atoms with Gasteiger partial charge in [0.15, 0.2) is 5.16 Å². The van der Waals surface area contributed by atoms with Gasteiger partial charge in [-0.1, -0.05) is 24.2 Å². The van der Waals surface area contributed by atoms with Gasteiger partial charge in [0.2, 0.25) is 0 Å². The summed E-state index contributed by atoms with van der Waals surface area (Å²) in [6, 6.07) is 6.25. The molecule has 0 radical (unpaired) electrons. The fraction of sp³-hybridized carbons (Fsp3) is 0.533. The van der Waals surface area contributed by atoms with Crippen LogP contribution >= 0.6 is 11.8 Å². The smallest absolute Gasteiger partial charge is 0.166 e. The molecule has 5 heteroatoms. The number of hydrogen-bond donors (Lipinski definition) is 3. The van der Waals surface area contributed by atoms with E-state index < -0.39 is 5.54 Å². The Morgan fingerprint density at radius 3 is 3.20 bits per heavy atom. The van der Waals surface area contributed by atoms with Gasteiger partial charge >= 0.3 is 0 Å². The molecular formula is C15H21N3OS. The lowest BCUT2D eigenvalue weighted by Gasteiger charge is -2.35. The van der Waals surface area contributed by atoms with Crippen LogP contribution in [0.15, 0.2) is 23.4 Å². The highest BCUT2D eigenvalue weighted by Gasteiger charge is 2.33. The minimum Gasteiger partial charge on any atom is -0.394 e. The molecule has 4 nitrogen and oxygen atoms in total. The summed E-state index contributed by atoms with van der Waals surface area (Å²) >= 11 is 1.76. The van der Waals surface area contributed by atoms with Gasteiger partial charge in [0, 0.05) is 10.8 Å². The number of benzene rings is 1. The molecule has 1 heterocycles. The zero-order valence-electron chi connectivity index (χ0n) is 11.7. The van der Waals surface area contributed by atoms with Crippen LogP contribution in [0.5, 0.6) is 0 Å². The molecule has 0 spiro atoms. The molecule has 0 saturated heterocycles. The maximum Gasteiger partial charge on any atom is 0.166 e. The number of nitrogens with two attached hydrogens (primary N) is 1. The molecule has 1 saturated carbocycles. The summed E-state index contributed by atoms with van der Waals surface area (Å²) in [4.78, 5) is 8.00. The lowest BCUT2D eigenvalue weighted by molar-refractivity contribution is 0.159. The minimum absolute atomic E-state index is 0.0728. The van der Waals surface area contributed by atoms with Gasteiger partial charge in [0.05, 0.1) is 17.6 Å². The topological polar surface area (TPSA) is 74.9 Å². The number of nitrogens with zero attached hydrogens (tertiary/aromatic N) is 1. The zero-order valence-corrected chi connectivity index (χ0v) is 12.5. The Morgan fingerprint density at radius 2 is 2.40 bits per heavy atom. The van der Waals surface area contributed by atoms with E-state index in [2.05, 4.69) is 29.0 Å². The highest BCUT2D eigenvalue weighted by molar-refractivity contribution is 7.99. The molecule has 1 fully saturated rings. The van der Waals surface area contributed by atoms with E-state index in [9.17, 15) is 5.11 Å². The van der Waals surface area contributed by atoms with Crippen LogP contribution in [0.4, 0.5) is 0 Å². The average Bonchev–Trinajstić information content (AvgIpc) is 2.80. The number of hydrogen-bond acceptors (Lipinski definition) is 4. The third-order valence-corrected chi connectivity index (χ3v) is 5.20. The Balaban J connectivity index is 1.75. The highest BCUT2D eigenvalue weighted by Crippen LogP contribution is 2.36. The number of aromatic amines is 1. The van der Waals surface area contributed by atoms with Crippen LogP contribution in [0.1, 0.15) is 31.2 Å². The average molecular weight is 291 g/mol. The molecule has 2 unspecified atom stereocenters. The molecule has 1 aliphatic rings. The van der Waals surface area contributed by atoms with Crippen molar-refractivity contribution >= 4 is 22.8 Å². The summed E-state index contributed by atoms with van der Waals surface area (Å²) in [5, 5.41) is 10.8. The molecule has 3 rings (SSSR count). The second-order valence-electron chi connectivity index (χ2n) is 5.92. The Kier molecular flexibility index (Phi) is 3.75. The Morgan fingerprint density at radius 1 is 1.55 bits per heavy atom. The monoisotopic (exact) mass is 291 g/mol. The van der Waals surface area contributed by atoms with E-state index >= 15 is 0 Å². The van der Waals surface area contributed by atoms with Gasteiger partial charge < -0.3 is 15.8 Å². The zero-order chi connectivity index (χ0) is 14.2. The predicted octanol–water partition coefficient (Wildman–Crippen LogP) is 2.60. The number of aryl methyl sites for hydroxylation is 1. The third-order valence-electron chi connectivity index (χ3n) is 4.04. The first-order valence-electron chi connectivity index (χ1n) is 7.11. The van der Waals surface area contributed by atoms with E-state index in [-0.39, 0.29) is 6.61 Å². The Labute approximate surface area is 123 Å². The Bertz CT molecular complexity index is 612. The van der Waals surface area contributed by atoms with E-state index in [0.29, 0.717) is 5.25 Å². The number of rotatable bonds is 3. The second kappa shape index (κ2) is 5.39. The molecule has 1 aromatic carbocycles. The maximum atomic E-state index is 9.42. The summed E-state index contributed by atoms with van der Waals surface area (Å²) in [6.45, 7) is 2.15. The molecule has 0 amide bonds. The molecule has 2 aromatic rings. The number of aromatic nitrogens is 2. The number of thioether (sulfide) groups is 1. The van der Waals surface area contributed by atoms with Gasteiger partial charge in [0.25, 0.3) is 0 Å². The van der Waals surface area contributed by atoms with E-state index in [0.717, 1.165) is 41.9 Å². The highest BCUT2D eigenvalue weighted by atomic mass is 32.2. The van der Waals surface area contributed by atoms with Crippen molar-refractivity contribution in [2.45, 2.75) is 48.6 Å². The van der Waals surface area contributed by atoms with Gasteiger partial charge in [-0.05, 0) is 43.9 Å². The van der Waals surface area contributed by atoms with Crippen molar-refractivity contribution in [2.75, 3.05) is 6.61 Å². The minimum atomic E-state index is -0.404. The van der Waals surface area contributed by atoms with Crippen molar-refractivity contribution in [3.8, 4) is 0 Å². The maximum absolute atomic E-state index is 9.42. The summed E-state index contributed by atoms with van der Waals surface area (Å²) < 4.78 is 0. The standard InChI is InChI=1S/C15H21N3OS/c1-10-4-5-12-13(7-10)18-14(17-12)20-11-3-2-6-15(16,8-11)9-19/h4-5,7,11,19H,2-3,6,8-9,16H2,1H3,(H,17,18).